The Kier molecular flexibility index (Phi) is 5.66. The van der Waals surface area contributed by atoms with Crippen LogP contribution in [0.15, 0.2) is 24.3 Å². The van der Waals surface area contributed by atoms with Crippen LogP contribution in [0.4, 0.5) is 5.69 Å². The molecule has 0 saturated carbocycles. The quantitative estimate of drug-likeness (QED) is 0.797. The van der Waals surface area contributed by atoms with Gasteiger partial charge in [0.2, 0.25) is 5.91 Å². The molecular weight excluding hydrogens is 260 g/mol. The van der Waals surface area contributed by atoms with Crippen molar-refractivity contribution in [1.29, 1.82) is 0 Å². The van der Waals surface area contributed by atoms with E-state index in [2.05, 4.69) is 36.1 Å². The van der Waals surface area contributed by atoms with E-state index >= 15 is 0 Å². The molecule has 1 aromatic rings. The van der Waals surface area contributed by atoms with Crippen LogP contribution in [0.1, 0.15) is 45.1 Å². The molecule has 1 aliphatic rings. The third kappa shape index (κ3) is 3.99. The number of carbonyl (C=O) groups excluding carboxylic acids is 1. The maximum Gasteiger partial charge on any atom is 0.225 e. The zero-order valence-corrected chi connectivity index (χ0v) is 13.6. The minimum Gasteiger partial charge on any atom is -0.371 e. The molecule has 1 fully saturated rings. The molecule has 3 heteroatoms. The van der Waals surface area contributed by atoms with Crippen molar-refractivity contribution in [2.45, 2.75) is 46.1 Å². The molecule has 2 rings (SSSR count). The Balaban J connectivity index is 2.06. The van der Waals surface area contributed by atoms with Gasteiger partial charge in [-0.1, -0.05) is 38.5 Å². The monoisotopic (exact) mass is 288 g/mol. The highest BCUT2D eigenvalue weighted by atomic mass is 16.2. The molecule has 0 aromatic heterocycles. The van der Waals surface area contributed by atoms with E-state index in [0.717, 1.165) is 25.9 Å². The van der Waals surface area contributed by atoms with E-state index in [1.54, 1.807) is 0 Å². The molecule has 1 aromatic carbocycles. The molecule has 0 N–H and O–H groups in total. The number of carbonyl (C=O) groups is 1. The van der Waals surface area contributed by atoms with Crippen molar-refractivity contribution in [2.75, 3.05) is 25.0 Å². The molecule has 1 unspecified atom stereocenters. The summed E-state index contributed by atoms with van der Waals surface area (Å²) >= 11 is 0. The molecule has 1 saturated heterocycles. The highest BCUT2D eigenvalue weighted by Gasteiger charge is 2.20. The molecule has 0 aliphatic carbocycles. The fourth-order valence-corrected chi connectivity index (χ4v) is 3.18. The fraction of sp³-hybridized carbons (Fsp3) is 0.611. The first-order valence-electron chi connectivity index (χ1n) is 8.21. The van der Waals surface area contributed by atoms with Crippen LogP contribution >= 0.6 is 0 Å². The first kappa shape index (κ1) is 15.9. The molecule has 0 radical (unpaired) electrons. The van der Waals surface area contributed by atoms with Crippen molar-refractivity contribution in [3.63, 3.8) is 0 Å². The summed E-state index contributed by atoms with van der Waals surface area (Å²) in [7, 11) is 1.93. The third-order valence-corrected chi connectivity index (χ3v) is 4.37. The highest BCUT2D eigenvalue weighted by molar-refractivity contribution is 5.78. The Morgan fingerprint density at radius 2 is 1.95 bits per heavy atom. The number of anilines is 1. The predicted octanol–water partition coefficient (Wildman–Crippen LogP) is 3.68. The van der Waals surface area contributed by atoms with Crippen LogP contribution in [0.3, 0.4) is 0 Å². The van der Waals surface area contributed by atoms with Gasteiger partial charge in [-0.05, 0) is 30.9 Å². The lowest BCUT2D eigenvalue weighted by molar-refractivity contribution is -0.134. The van der Waals surface area contributed by atoms with E-state index in [9.17, 15) is 4.79 Å². The van der Waals surface area contributed by atoms with E-state index in [1.165, 1.54) is 24.1 Å². The number of rotatable bonds is 6. The van der Waals surface area contributed by atoms with E-state index in [4.69, 9.17) is 0 Å². The smallest absolute Gasteiger partial charge is 0.225 e. The number of benzene rings is 1. The first-order chi connectivity index (χ1) is 10.1. The summed E-state index contributed by atoms with van der Waals surface area (Å²) < 4.78 is 0. The van der Waals surface area contributed by atoms with Crippen LogP contribution in [0.2, 0.25) is 0 Å². The second-order valence-electron chi connectivity index (χ2n) is 6.21. The van der Waals surface area contributed by atoms with Crippen LogP contribution in [-0.2, 0) is 11.3 Å². The van der Waals surface area contributed by atoms with Crippen LogP contribution in [0, 0.1) is 5.92 Å². The van der Waals surface area contributed by atoms with Crippen molar-refractivity contribution in [3.05, 3.63) is 29.8 Å². The zero-order valence-electron chi connectivity index (χ0n) is 13.6. The molecule has 1 aliphatic heterocycles. The van der Waals surface area contributed by atoms with E-state index < -0.39 is 0 Å². The van der Waals surface area contributed by atoms with Gasteiger partial charge in [-0.3, -0.25) is 4.79 Å². The maximum absolute atomic E-state index is 12.4. The van der Waals surface area contributed by atoms with Crippen LogP contribution in [0.25, 0.3) is 0 Å². The van der Waals surface area contributed by atoms with E-state index in [-0.39, 0.29) is 11.8 Å². The standard InChI is InChI=1S/C18H28N2O/c1-4-9-15(2)18(21)19(3)14-16-10-5-6-11-17(16)20-12-7-8-13-20/h5-6,10-11,15H,4,7-9,12-14H2,1-3H3. The summed E-state index contributed by atoms with van der Waals surface area (Å²) in [4.78, 5) is 16.7. The van der Waals surface area contributed by atoms with Gasteiger partial charge in [0, 0.05) is 38.3 Å². The topological polar surface area (TPSA) is 23.6 Å². The second-order valence-corrected chi connectivity index (χ2v) is 6.21. The van der Waals surface area contributed by atoms with Gasteiger partial charge >= 0.3 is 0 Å². The highest BCUT2D eigenvalue weighted by Crippen LogP contribution is 2.25. The molecule has 0 bridgehead atoms. The Morgan fingerprint density at radius 3 is 2.62 bits per heavy atom. The Morgan fingerprint density at radius 1 is 1.29 bits per heavy atom. The van der Waals surface area contributed by atoms with Gasteiger partial charge in [-0.25, -0.2) is 0 Å². The van der Waals surface area contributed by atoms with Gasteiger partial charge in [0.25, 0.3) is 0 Å². The number of amides is 1. The van der Waals surface area contributed by atoms with Crippen LogP contribution in [0.5, 0.6) is 0 Å². The number of hydrogen-bond donors (Lipinski definition) is 0. The molecule has 1 heterocycles. The van der Waals surface area contributed by atoms with Crippen LogP contribution in [-0.4, -0.2) is 30.9 Å². The lowest BCUT2D eigenvalue weighted by Crippen LogP contribution is -2.32. The first-order valence-corrected chi connectivity index (χ1v) is 8.21. The molecule has 0 spiro atoms. The van der Waals surface area contributed by atoms with Gasteiger partial charge in [0.1, 0.15) is 0 Å². The van der Waals surface area contributed by atoms with E-state index in [1.807, 2.05) is 18.9 Å². The predicted molar refractivity (Wildman–Crippen MR) is 88.4 cm³/mol. The van der Waals surface area contributed by atoms with Crippen LogP contribution < -0.4 is 4.90 Å². The molecular formula is C18H28N2O. The molecule has 3 nitrogen and oxygen atoms in total. The van der Waals surface area contributed by atoms with Crippen molar-refractivity contribution in [1.82, 2.24) is 4.90 Å². The fourth-order valence-electron chi connectivity index (χ4n) is 3.18. The summed E-state index contributed by atoms with van der Waals surface area (Å²) in [6, 6.07) is 8.51. The average Bonchev–Trinajstić information content (AvgIpc) is 3.01. The molecule has 1 amide bonds. The maximum atomic E-state index is 12.4. The van der Waals surface area contributed by atoms with Gasteiger partial charge in [-0.2, -0.15) is 0 Å². The summed E-state index contributed by atoms with van der Waals surface area (Å²) in [5.41, 5.74) is 2.57. The van der Waals surface area contributed by atoms with Gasteiger partial charge < -0.3 is 9.80 Å². The largest absolute Gasteiger partial charge is 0.371 e. The summed E-state index contributed by atoms with van der Waals surface area (Å²) in [6.07, 6.45) is 4.58. The third-order valence-electron chi connectivity index (χ3n) is 4.37. The van der Waals surface area contributed by atoms with Gasteiger partial charge in [0.15, 0.2) is 0 Å². The van der Waals surface area contributed by atoms with E-state index in [0.29, 0.717) is 6.54 Å². The molecule has 116 valence electrons. The summed E-state index contributed by atoms with van der Waals surface area (Å²) in [6.45, 7) is 7.16. The minimum absolute atomic E-state index is 0.124. The minimum atomic E-state index is 0.124. The van der Waals surface area contributed by atoms with Gasteiger partial charge in [-0.15, -0.1) is 0 Å². The lowest BCUT2D eigenvalue weighted by atomic mass is 10.0. The second kappa shape index (κ2) is 7.48. The summed E-state index contributed by atoms with van der Waals surface area (Å²) in [5, 5.41) is 0. The van der Waals surface area contributed by atoms with Crippen molar-refractivity contribution in [2.24, 2.45) is 5.92 Å². The SMILES string of the molecule is CCCC(C)C(=O)N(C)Cc1ccccc1N1CCCC1. The number of hydrogen-bond acceptors (Lipinski definition) is 2. The van der Waals surface area contributed by atoms with Crippen molar-refractivity contribution in [3.8, 4) is 0 Å². The number of para-hydroxylation sites is 1. The number of nitrogens with zero attached hydrogens (tertiary/aromatic N) is 2. The van der Waals surface area contributed by atoms with Crippen molar-refractivity contribution < 1.29 is 4.79 Å². The lowest BCUT2D eigenvalue weighted by Gasteiger charge is -2.26. The Labute approximate surface area is 128 Å². The Bertz CT molecular complexity index is 466. The molecule has 1 atom stereocenters. The van der Waals surface area contributed by atoms with Gasteiger partial charge in [0.05, 0.1) is 0 Å². The van der Waals surface area contributed by atoms with Crippen molar-refractivity contribution >= 4 is 11.6 Å². The normalized spacial score (nSPS) is 16.0. The average molecular weight is 288 g/mol. The molecule has 21 heavy (non-hydrogen) atoms. The summed E-state index contributed by atoms with van der Waals surface area (Å²) in [5.74, 6) is 0.382. The zero-order chi connectivity index (χ0) is 15.2. The Hall–Kier alpha value is -1.51.